The molecule has 1 unspecified atom stereocenters. The molecule has 0 aliphatic carbocycles. The maximum atomic E-state index is 13.7. The van der Waals surface area contributed by atoms with Crippen molar-refractivity contribution < 1.29 is 19.1 Å². The van der Waals surface area contributed by atoms with Crippen molar-refractivity contribution in [2.45, 2.75) is 51.6 Å². The number of anilines is 2. The smallest absolute Gasteiger partial charge is 0.260 e. The molecule has 5 rings (SSSR count). The minimum atomic E-state index is -0.209. The van der Waals surface area contributed by atoms with Gasteiger partial charge in [0.2, 0.25) is 11.8 Å². The number of carbonyl (C=O) groups excluding carboxylic acids is 3. The fourth-order valence-electron chi connectivity index (χ4n) is 4.55. The zero-order valence-corrected chi connectivity index (χ0v) is 20.1. The van der Waals surface area contributed by atoms with Gasteiger partial charge in [-0.25, -0.2) is 4.98 Å². The van der Waals surface area contributed by atoms with Crippen molar-refractivity contribution in [3.63, 3.8) is 0 Å². The van der Waals surface area contributed by atoms with Gasteiger partial charge in [-0.1, -0.05) is 37.3 Å². The molecule has 1 aromatic heterocycles. The maximum Gasteiger partial charge on any atom is 0.260 e. The Morgan fingerprint density at radius 2 is 1.88 bits per heavy atom. The van der Waals surface area contributed by atoms with Crippen LogP contribution in [0.3, 0.4) is 0 Å². The molecule has 34 heavy (non-hydrogen) atoms. The number of rotatable bonds is 6. The third-order valence-corrected chi connectivity index (χ3v) is 7.41. The number of aromatic nitrogens is 1. The number of para-hydroxylation sites is 1. The minimum absolute atomic E-state index is 0.0281. The Bertz CT molecular complexity index is 1230. The van der Waals surface area contributed by atoms with Crippen LogP contribution < -0.4 is 9.80 Å². The predicted octanol–water partition coefficient (Wildman–Crippen LogP) is 4.90. The van der Waals surface area contributed by atoms with E-state index in [0.717, 1.165) is 28.6 Å². The van der Waals surface area contributed by atoms with Gasteiger partial charge >= 0.3 is 0 Å². The molecule has 2 aliphatic rings. The lowest BCUT2D eigenvalue weighted by molar-refractivity contribution is -0.121. The standard InChI is InChI=1S/C26H27N3O4S/c1-16(2)20-6-3-7-21-24(20)27-26(34-21)28(15-19-5-4-14-33-19)25(32)17-8-10-18(11-9-17)29-22(30)12-13-23(29)31/h3,6-11,16,19H,4-5,12-15H2,1-2H3. The normalized spacial score (nSPS) is 18.4. The van der Waals surface area contributed by atoms with Gasteiger partial charge in [0.15, 0.2) is 5.13 Å². The Morgan fingerprint density at radius 1 is 1.15 bits per heavy atom. The van der Waals surface area contributed by atoms with Crippen LogP contribution in [-0.2, 0) is 14.3 Å². The highest BCUT2D eigenvalue weighted by molar-refractivity contribution is 7.22. The first-order chi connectivity index (χ1) is 16.4. The third-order valence-electron chi connectivity index (χ3n) is 6.37. The highest BCUT2D eigenvalue weighted by Gasteiger charge is 2.31. The average Bonchev–Trinajstić information content (AvgIpc) is 3.57. The van der Waals surface area contributed by atoms with Gasteiger partial charge in [0.05, 0.1) is 28.6 Å². The van der Waals surface area contributed by atoms with E-state index in [1.807, 2.05) is 12.1 Å². The first-order valence-corrected chi connectivity index (χ1v) is 12.5. The Morgan fingerprint density at radius 3 is 2.53 bits per heavy atom. The molecule has 3 heterocycles. The van der Waals surface area contributed by atoms with Crippen molar-refractivity contribution in [3.05, 3.63) is 53.6 Å². The summed E-state index contributed by atoms with van der Waals surface area (Å²) < 4.78 is 6.89. The number of carbonyl (C=O) groups is 3. The van der Waals surface area contributed by atoms with E-state index in [2.05, 4.69) is 19.9 Å². The van der Waals surface area contributed by atoms with E-state index in [-0.39, 0.29) is 36.7 Å². The van der Waals surface area contributed by atoms with Crippen molar-refractivity contribution in [2.75, 3.05) is 23.0 Å². The number of thiazole rings is 1. The Kier molecular flexibility index (Phi) is 6.18. The molecule has 2 fully saturated rings. The van der Waals surface area contributed by atoms with Crippen LogP contribution in [0.2, 0.25) is 0 Å². The number of amides is 3. The zero-order valence-electron chi connectivity index (χ0n) is 19.3. The molecule has 3 amide bonds. The van der Waals surface area contributed by atoms with E-state index in [1.54, 1.807) is 29.2 Å². The third kappa shape index (κ3) is 4.23. The number of benzene rings is 2. The van der Waals surface area contributed by atoms with E-state index < -0.39 is 0 Å². The number of hydrogen-bond donors (Lipinski definition) is 0. The largest absolute Gasteiger partial charge is 0.376 e. The molecule has 7 nitrogen and oxygen atoms in total. The van der Waals surface area contributed by atoms with Gasteiger partial charge in [-0.05, 0) is 54.7 Å². The summed E-state index contributed by atoms with van der Waals surface area (Å²) in [6.45, 7) is 5.41. The fraction of sp³-hybridized carbons (Fsp3) is 0.385. The molecule has 2 saturated heterocycles. The number of imide groups is 1. The second-order valence-corrected chi connectivity index (χ2v) is 10.1. The van der Waals surface area contributed by atoms with Crippen molar-refractivity contribution in [1.82, 2.24) is 4.98 Å². The van der Waals surface area contributed by atoms with Crippen LogP contribution in [0.4, 0.5) is 10.8 Å². The molecule has 1 atom stereocenters. The lowest BCUT2D eigenvalue weighted by Crippen LogP contribution is -2.37. The van der Waals surface area contributed by atoms with Gasteiger partial charge in [0, 0.05) is 25.0 Å². The highest BCUT2D eigenvalue weighted by atomic mass is 32.1. The molecule has 8 heteroatoms. The van der Waals surface area contributed by atoms with Crippen molar-refractivity contribution in [3.8, 4) is 0 Å². The highest BCUT2D eigenvalue weighted by Crippen LogP contribution is 2.35. The molecule has 176 valence electrons. The van der Waals surface area contributed by atoms with Crippen LogP contribution >= 0.6 is 11.3 Å². The van der Waals surface area contributed by atoms with Gasteiger partial charge in [-0.3, -0.25) is 24.2 Å². The molecule has 2 aromatic carbocycles. The molecule has 2 aliphatic heterocycles. The van der Waals surface area contributed by atoms with Crippen LogP contribution in [-0.4, -0.2) is 42.0 Å². The lowest BCUT2D eigenvalue weighted by Gasteiger charge is -2.23. The van der Waals surface area contributed by atoms with Gasteiger partial charge in [0.1, 0.15) is 0 Å². The van der Waals surface area contributed by atoms with E-state index in [9.17, 15) is 14.4 Å². The van der Waals surface area contributed by atoms with Crippen LogP contribution in [0.1, 0.15) is 61.4 Å². The second kappa shape index (κ2) is 9.27. The maximum absolute atomic E-state index is 13.7. The van der Waals surface area contributed by atoms with Crippen LogP contribution in [0.5, 0.6) is 0 Å². The molecular weight excluding hydrogens is 450 g/mol. The van der Waals surface area contributed by atoms with Gasteiger partial charge in [0.25, 0.3) is 5.91 Å². The lowest BCUT2D eigenvalue weighted by atomic mass is 10.0. The van der Waals surface area contributed by atoms with Crippen LogP contribution in [0.15, 0.2) is 42.5 Å². The van der Waals surface area contributed by atoms with Crippen LogP contribution in [0, 0.1) is 0 Å². The Labute approximate surface area is 202 Å². The summed E-state index contributed by atoms with van der Waals surface area (Å²) in [5, 5.41) is 0.651. The molecule has 0 bridgehead atoms. The molecule has 0 spiro atoms. The number of nitrogens with zero attached hydrogens (tertiary/aromatic N) is 3. The van der Waals surface area contributed by atoms with Crippen molar-refractivity contribution in [1.29, 1.82) is 0 Å². The number of fused-ring (bicyclic) bond motifs is 1. The summed E-state index contributed by atoms with van der Waals surface area (Å²) in [6.07, 6.45) is 2.32. The van der Waals surface area contributed by atoms with E-state index in [1.165, 1.54) is 16.2 Å². The Hall–Kier alpha value is -3.10. The first-order valence-electron chi connectivity index (χ1n) is 11.7. The van der Waals surface area contributed by atoms with E-state index >= 15 is 0 Å². The molecule has 3 aromatic rings. The summed E-state index contributed by atoms with van der Waals surface area (Å²) >= 11 is 1.51. The number of ether oxygens (including phenoxy) is 1. The molecule has 0 saturated carbocycles. The summed E-state index contributed by atoms with van der Waals surface area (Å²) in [5.74, 6) is -0.269. The van der Waals surface area contributed by atoms with E-state index in [0.29, 0.717) is 35.5 Å². The fourth-order valence-corrected chi connectivity index (χ4v) is 5.56. The second-order valence-electron chi connectivity index (χ2n) is 9.07. The van der Waals surface area contributed by atoms with Gasteiger partial charge in [-0.15, -0.1) is 0 Å². The average molecular weight is 478 g/mol. The molecule has 0 radical (unpaired) electrons. The summed E-state index contributed by atoms with van der Waals surface area (Å²) in [5.41, 5.74) is 3.07. The van der Waals surface area contributed by atoms with Crippen molar-refractivity contribution in [2.24, 2.45) is 0 Å². The summed E-state index contributed by atoms with van der Waals surface area (Å²) in [4.78, 5) is 45.6. The Balaban J connectivity index is 1.48. The first kappa shape index (κ1) is 22.7. The molecular formula is C26H27N3O4S. The van der Waals surface area contributed by atoms with Gasteiger partial charge < -0.3 is 4.74 Å². The summed E-state index contributed by atoms with van der Waals surface area (Å²) in [7, 11) is 0. The van der Waals surface area contributed by atoms with Crippen molar-refractivity contribution >= 4 is 50.1 Å². The quantitative estimate of drug-likeness (QED) is 0.472. The number of hydrogen-bond acceptors (Lipinski definition) is 6. The van der Waals surface area contributed by atoms with Crippen LogP contribution in [0.25, 0.3) is 10.2 Å². The predicted molar refractivity (Wildman–Crippen MR) is 133 cm³/mol. The topological polar surface area (TPSA) is 79.8 Å². The molecule has 0 N–H and O–H groups in total. The van der Waals surface area contributed by atoms with Gasteiger partial charge in [-0.2, -0.15) is 0 Å². The minimum Gasteiger partial charge on any atom is -0.376 e. The zero-order chi connectivity index (χ0) is 23.8. The monoisotopic (exact) mass is 477 g/mol. The summed E-state index contributed by atoms with van der Waals surface area (Å²) in [6, 6.07) is 12.8. The van der Waals surface area contributed by atoms with E-state index in [4.69, 9.17) is 9.72 Å². The SMILES string of the molecule is CC(C)c1cccc2sc(N(CC3CCCO3)C(=O)c3ccc(N4C(=O)CCC4=O)cc3)nc12.